The first-order valence-electron chi connectivity index (χ1n) is 6.64. The molecule has 1 unspecified atom stereocenters. The van der Waals surface area contributed by atoms with Crippen LogP contribution in [0, 0.1) is 5.82 Å². The Morgan fingerprint density at radius 1 is 1.14 bits per heavy atom. The third-order valence-electron chi connectivity index (χ3n) is 3.28. The highest BCUT2D eigenvalue weighted by atomic mass is 79.9. The van der Waals surface area contributed by atoms with E-state index in [2.05, 4.69) is 21.2 Å². The van der Waals surface area contributed by atoms with Crippen molar-refractivity contribution in [2.45, 2.75) is 19.4 Å². The lowest BCUT2D eigenvalue weighted by Gasteiger charge is -2.21. The van der Waals surface area contributed by atoms with Gasteiger partial charge in [0.15, 0.2) is 0 Å². The maximum atomic E-state index is 14.3. The fourth-order valence-electron chi connectivity index (χ4n) is 2.26. The number of hydrogen-bond donors (Lipinski definition) is 1. The Hall–Kier alpha value is -0.610. The Morgan fingerprint density at radius 2 is 1.76 bits per heavy atom. The Morgan fingerprint density at radius 3 is 2.38 bits per heavy atom. The lowest BCUT2D eigenvalue weighted by molar-refractivity contribution is 0.508. The van der Waals surface area contributed by atoms with Crippen LogP contribution < -0.4 is 5.32 Å². The molecule has 2 rings (SSSR count). The highest BCUT2D eigenvalue weighted by Gasteiger charge is 2.19. The summed E-state index contributed by atoms with van der Waals surface area (Å²) in [5, 5.41) is 4.49. The van der Waals surface area contributed by atoms with E-state index in [0.717, 1.165) is 12.1 Å². The molecule has 21 heavy (non-hydrogen) atoms. The molecule has 0 saturated heterocycles. The third-order valence-corrected chi connectivity index (χ3v) is 4.60. The summed E-state index contributed by atoms with van der Waals surface area (Å²) < 4.78 is 14.8. The van der Waals surface area contributed by atoms with E-state index in [0.29, 0.717) is 26.5 Å². The van der Waals surface area contributed by atoms with Crippen molar-refractivity contribution in [3.8, 4) is 0 Å². The molecule has 0 aliphatic heterocycles. The first-order chi connectivity index (χ1) is 10.0. The van der Waals surface area contributed by atoms with Gasteiger partial charge in [-0.1, -0.05) is 48.3 Å². The van der Waals surface area contributed by atoms with E-state index >= 15 is 0 Å². The van der Waals surface area contributed by atoms with Gasteiger partial charge in [-0.3, -0.25) is 0 Å². The molecular weight excluding hydrogens is 376 g/mol. The van der Waals surface area contributed by atoms with Crippen molar-refractivity contribution in [2.24, 2.45) is 0 Å². The molecule has 0 saturated carbocycles. The minimum atomic E-state index is -0.258. The van der Waals surface area contributed by atoms with Gasteiger partial charge in [-0.25, -0.2) is 4.39 Å². The van der Waals surface area contributed by atoms with Crippen LogP contribution in [0.3, 0.4) is 0 Å². The summed E-state index contributed by atoms with van der Waals surface area (Å²) in [4.78, 5) is 0. The fraction of sp³-hybridized carbons (Fsp3) is 0.250. The smallest absolute Gasteiger partial charge is 0.142 e. The van der Waals surface area contributed by atoms with Crippen molar-refractivity contribution in [1.29, 1.82) is 0 Å². The molecule has 1 nitrogen and oxygen atoms in total. The Labute approximate surface area is 142 Å². The maximum absolute atomic E-state index is 14.3. The minimum Gasteiger partial charge on any atom is -0.310 e. The van der Waals surface area contributed by atoms with E-state index in [9.17, 15) is 4.39 Å². The standard InChI is InChI=1S/C16H15BrCl2FN/c1-2-21-15(10-5-3-6-12(17)16(10)20)9-11-13(18)7-4-8-14(11)19/h3-8,15,21H,2,9H2,1H3. The zero-order valence-corrected chi connectivity index (χ0v) is 14.6. The van der Waals surface area contributed by atoms with Gasteiger partial charge in [0.05, 0.1) is 4.47 Å². The molecule has 1 N–H and O–H groups in total. The molecule has 0 aromatic heterocycles. The Bertz CT molecular complexity index is 613. The zero-order valence-electron chi connectivity index (χ0n) is 11.5. The average Bonchev–Trinajstić information content (AvgIpc) is 2.45. The predicted octanol–water partition coefficient (Wildman–Crippen LogP) is 5.79. The van der Waals surface area contributed by atoms with Gasteiger partial charge < -0.3 is 5.32 Å². The molecule has 2 aromatic carbocycles. The molecule has 0 radical (unpaired) electrons. The van der Waals surface area contributed by atoms with Crippen LogP contribution in [0.15, 0.2) is 40.9 Å². The summed E-state index contributed by atoms with van der Waals surface area (Å²) in [7, 11) is 0. The summed E-state index contributed by atoms with van der Waals surface area (Å²) in [5.74, 6) is -0.258. The number of rotatable bonds is 5. The van der Waals surface area contributed by atoms with E-state index in [1.807, 2.05) is 13.0 Å². The molecular formula is C16H15BrCl2FN. The number of hydrogen-bond acceptors (Lipinski definition) is 1. The molecule has 2 aromatic rings. The number of likely N-dealkylation sites (N-methyl/N-ethyl adjacent to an activating group) is 1. The van der Waals surface area contributed by atoms with Crippen LogP contribution in [-0.2, 0) is 6.42 Å². The number of halogens is 4. The van der Waals surface area contributed by atoms with Crippen LogP contribution in [0.4, 0.5) is 4.39 Å². The molecule has 0 aliphatic rings. The van der Waals surface area contributed by atoms with E-state index in [1.54, 1.807) is 30.3 Å². The third kappa shape index (κ3) is 3.98. The predicted molar refractivity (Wildman–Crippen MR) is 90.7 cm³/mol. The summed E-state index contributed by atoms with van der Waals surface area (Å²) in [5.41, 5.74) is 1.42. The summed E-state index contributed by atoms with van der Waals surface area (Å²) in [6, 6.07) is 10.5. The van der Waals surface area contributed by atoms with Gasteiger partial charge in [-0.2, -0.15) is 0 Å². The largest absolute Gasteiger partial charge is 0.310 e. The number of nitrogens with one attached hydrogen (secondary N) is 1. The monoisotopic (exact) mass is 389 g/mol. The zero-order chi connectivity index (χ0) is 15.4. The van der Waals surface area contributed by atoms with Gasteiger partial charge in [-0.05, 0) is 52.7 Å². The summed E-state index contributed by atoms with van der Waals surface area (Å²) >= 11 is 15.7. The lowest BCUT2D eigenvalue weighted by atomic mass is 9.98. The normalized spacial score (nSPS) is 12.4. The van der Waals surface area contributed by atoms with Gasteiger partial charge in [0.25, 0.3) is 0 Å². The van der Waals surface area contributed by atoms with Crippen molar-refractivity contribution in [3.05, 3.63) is 67.9 Å². The van der Waals surface area contributed by atoms with E-state index in [4.69, 9.17) is 23.2 Å². The Kier molecular flexibility index (Phi) is 6.06. The molecule has 112 valence electrons. The van der Waals surface area contributed by atoms with Gasteiger partial charge in [0.2, 0.25) is 0 Å². The first kappa shape index (κ1) is 16.8. The van der Waals surface area contributed by atoms with Crippen LogP contribution in [0.2, 0.25) is 10.0 Å². The first-order valence-corrected chi connectivity index (χ1v) is 8.19. The van der Waals surface area contributed by atoms with Crippen LogP contribution >= 0.6 is 39.1 Å². The fourth-order valence-corrected chi connectivity index (χ4v) is 3.19. The quantitative estimate of drug-likeness (QED) is 0.681. The summed E-state index contributed by atoms with van der Waals surface area (Å²) in [6.07, 6.45) is 0.528. The second-order valence-corrected chi connectivity index (χ2v) is 6.33. The van der Waals surface area contributed by atoms with Crippen LogP contribution in [0.1, 0.15) is 24.1 Å². The van der Waals surface area contributed by atoms with Crippen molar-refractivity contribution in [1.82, 2.24) is 5.32 Å². The van der Waals surface area contributed by atoms with Gasteiger partial charge >= 0.3 is 0 Å². The topological polar surface area (TPSA) is 12.0 Å². The summed E-state index contributed by atoms with van der Waals surface area (Å²) in [6.45, 7) is 2.70. The van der Waals surface area contributed by atoms with E-state index in [-0.39, 0.29) is 11.9 Å². The van der Waals surface area contributed by atoms with Crippen LogP contribution in [0.5, 0.6) is 0 Å². The molecule has 5 heteroatoms. The Balaban J connectivity index is 2.38. The molecule has 0 bridgehead atoms. The highest BCUT2D eigenvalue weighted by molar-refractivity contribution is 9.10. The molecule has 0 fully saturated rings. The highest BCUT2D eigenvalue weighted by Crippen LogP contribution is 2.31. The maximum Gasteiger partial charge on any atom is 0.142 e. The molecule has 0 heterocycles. The van der Waals surface area contributed by atoms with Crippen molar-refractivity contribution < 1.29 is 4.39 Å². The molecule has 0 spiro atoms. The van der Waals surface area contributed by atoms with Crippen molar-refractivity contribution in [2.75, 3.05) is 6.54 Å². The van der Waals surface area contributed by atoms with E-state index in [1.165, 1.54) is 0 Å². The average molecular weight is 391 g/mol. The lowest BCUT2D eigenvalue weighted by Crippen LogP contribution is -2.24. The SMILES string of the molecule is CCNC(Cc1c(Cl)cccc1Cl)c1cccc(Br)c1F. The van der Waals surface area contributed by atoms with Crippen LogP contribution in [0.25, 0.3) is 0 Å². The van der Waals surface area contributed by atoms with Gasteiger partial charge in [0.1, 0.15) is 5.82 Å². The number of benzene rings is 2. The van der Waals surface area contributed by atoms with Gasteiger partial charge in [0, 0.05) is 21.7 Å². The van der Waals surface area contributed by atoms with Crippen molar-refractivity contribution >= 4 is 39.1 Å². The van der Waals surface area contributed by atoms with E-state index < -0.39 is 0 Å². The molecule has 0 aliphatic carbocycles. The van der Waals surface area contributed by atoms with Crippen LogP contribution in [-0.4, -0.2) is 6.54 Å². The molecule has 1 atom stereocenters. The van der Waals surface area contributed by atoms with Gasteiger partial charge in [-0.15, -0.1) is 0 Å². The minimum absolute atomic E-state index is 0.190. The second kappa shape index (κ2) is 7.59. The van der Waals surface area contributed by atoms with Crippen molar-refractivity contribution in [3.63, 3.8) is 0 Å². The second-order valence-electron chi connectivity index (χ2n) is 4.66. The molecule has 0 amide bonds.